The van der Waals surface area contributed by atoms with Crippen molar-refractivity contribution >= 4 is 18.5 Å². The van der Waals surface area contributed by atoms with E-state index in [1.807, 2.05) is 0 Å². The van der Waals surface area contributed by atoms with Gasteiger partial charge in [0.1, 0.15) is 0 Å². The molecule has 0 heterocycles. The summed E-state index contributed by atoms with van der Waals surface area (Å²) in [6.07, 6.45) is 0. The van der Waals surface area contributed by atoms with Crippen molar-refractivity contribution in [1.82, 2.24) is 5.32 Å². The van der Waals surface area contributed by atoms with E-state index >= 15 is 0 Å². The highest BCUT2D eigenvalue weighted by molar-refractivity contribution is 6.18. The molecule has 2 amide bonds. The van der Waals surface area contributed by atoms with E-state index in [9.17, 15) is 9.59 Å². The van der Waals surface area contributed by atoms with Gasteiger partial charge in [0.05, 0.1) is 5.57 Å². The van der Waals surface area contributed by atoms with Crippen LogP contribution in [-0.2, 0) is 9.59 Å². The predicted octanol–water partition coefficient (Wildman–Crippen LogP) is -0.484. The summed E-state index contributed by atoms with van der Waals surface area (Å²) in [7, 11) is 1.41. The van der Waals surface area contributed by atoms with Crippen LogP contribution in [0.1, 0.15) is 0 Å². The quantitative estimate of drug-likeness (QED) is 0.243. The van der Waals surface area contributed by atoms with Gasteiger partial charge in [-0.1, -0.05) is 6.58 Å². The largest absolute Gasteiger partial charge is 0.355 e. The maximum absolute atomic E-state index is 10.6. The Balaban J connectivity index is 4.22. The zero-order valence-corrected chi connectivity index (χ0v) is 5.68. The molecule has 0 unspecified atom stereocenters. The third-order valence-corrected chi connectivity index (χ3v) is 0.903. The fourth-order valence-electron chi connectivity index (χ4n) is 0.343. The summed E-state index contributed by atoms with van der Waals surface area (Å²) in [4.78, 5) is 24.1. The molecule has 0 spiro atoms. The minimum Gasteiger partial charge on any atom is -0.355 e. The summed E-state index contributed by atoms with van der Waals surface area (Å²) in [6.45, 7) is 6.16. The van der Waals surface area contributed by atoms with Gasteiger partial charge < -0.3 is 5.32 Å². The van der Waals surface area contributed by atoms with E-state index in [0.717, 1.165) is 0 Å². The maximum Gasteiger partial charge on any atom is 0.281 e. The molecule has 0 saturated heterocycles. The van der Waals surface area contributed by atoms with Gasteiger partial charge in [-0.2, -0.15) is 0 Å². The number of amides is 2. The molecule has 0 aliphatic heterocycles. The minimum absolute atomic E-state index is 0.197. The summed E-state index contributed by atoms with van der Waals surface area (Å²) < 4.78 is 0. The number of hydrogen-bond acceptors (Lipinski definition) is 2. The van der Waals surface area contributed by atoms with E-state index < -0.39 is 11.8 Å². The van der Waals surface area contributed by atoms with Crippen LogP contribution in [-0.4, -0.2) is 25.6 Å². The number of carbonyl (C=O) groups excluding carboxylic acids is 2. The second kappa shape index (κ2) is 3.55. The molecule has 0 radical (unpaired) electrons. The third-order valence-electron chi connectivity index (χ3n) is 0.903. The van der Waals surface area contributed by atoms with Crippen LogP contribution in [0.5, 0.6) is 0 Å². The number of carbonyl (C=O) groups is 2. The van der Waals surface area contributed by atoms with Gasteiger partial charge in [0.2, 0.25) is 0 Å². The van der Waals surface area contributed by atoms with Crippen molar-refractivity contribution in [2.24, 2.45) is 4.99 Å². The second-order valence-corrected chi connectivity index (χ2v) is 1.52. The van der Waals surface area contributed by atoms with Gasteiger partial charge in [-0.05, 0) is 6.72 Å². The van der Waals surface area contributed by atoms with Crippen LogP contribution in [0.3, 0.4) is 0 Å². The molecule has 0 aliphatic carbocycles. The Bertz CT molecular complexity index is 196. The van der Waals surface area contributed by atoms with E-state index in [0.29, 0.717) is 0 Å². The van der Waals surface area contributed by atoms with Gasteiger partial charge in [0.25, 0.3) is 11.8 Å². The number of rotatable bonds is 2. The van der Waals surface area contributed by atoms with Crippen molar-refractivity contribution in [3.05, 3.63) is 12.2 Å². The van der Waals surface area contributed by atoms with Crippen LogP contribution < -0.4 is 5.32 Å². The maximum atomic E-state index is 10.6. The molecule has 0 fully saturated rings. The summed E-state index contributed by atoms with van der Waals surface area (Å²) in [5.41, 5.74) is -0.197. The Hall–Kier alpha value is -1.45. The molecular weight excluding hydrogens is 132 g/mol. The minimum atomic E-state index is -0.695. The number of nitrogens with one attached hydrogen (secondary N) is 1. The van der Waals surface area contributed by atoms with Crippen molar-refractivity contribution < 1.29 is 9.59 Å². The first-order valence-corrected chi connectivity index (χ1v) is 2.55. The lowest BCUT2D eigenvalue weighted by Gasteiger charge is -1.96. The van der Waals surface area contributed by atoms with Crippen LogP contribution in [0.2, 0.25) is 0 Å². The molecule has 0 aliphatic rings. The van der Waals surface area contributed by atoms with Gasteiger partial charge in [0, 0.05) is 7.05 Å². The fraction of sp³-hybridized carbons (Fsp3) is 0.167. The van der Waals surface area contributed by atoms with E-state index in [-0.39, 0.29) is 5.57 Å². The van der Waals surface area contributed by atoms with Crippen LogP contribution in [0.15, 0.2) is 17.1 Å². The van der Waals surface area contributed by atoms with Gasteiger partial charge in [-0.3, -0.25) is 9.59 Å². The van der Waals surface area contributed by atoms with Crippen LogP contribution in [0.25, 0.3) is 0 Å². The lowest BCUT2D eigenvalue weighted by atomic mass is 10.3. The molecule has 54 valence electrons. The second-order valence-electron chi connectivity index (χ2n) is 1.52. The topological polar surface area (TPSA) is 58.5 Å². The predicted molar refractivity (Wildman–Crippen MR) is 37.8 cm³/mol. The molecule has 0 aromatic heterocycles. The summed E-state index contributed by atoms with van der Waals surface area (Å²) >= 11 is 0. The molecule has 1 N–H and O–H groups in total. The summed E-state index contributed by atoms with van der Waals surface area (Å²) in [5.74, 6) is -1.23. The molecule has 0 aromatic rings. The summed E-state index contributed by atoms with van der Waals surface area (Å²) in [6, 6.07) is 0. The number of nitrogens with zero attached hydrogens (tertiary/aromatic N) is 1. The first-order valence-electron chi connectivity index (χ1n) is 2.55. The highest BCUT2D eigenvalue weighted by Gasteiger charge is 2.10. The van der Waals surface area contributed by atoms with Gasteiger partial charge in [-0.25, -0.2) is 4.99 Å². The average molecular weight is 140 g/mol. The van der Waals surface area contributed by atoms with Gasteiger partial charge in [0.15, 0.2) is 0 Å². The zero-order chi connectivity index (χ0) is 8.15. The number of hydrogen-bond donors (Lipinski definition) is 1. The fourth-order valence-corrected chi connectivity index (χ4v) is 0.343. The molecule has 0 saturated carbocycles. The molecule has 0 bridgehead atoms. The smallest absolute Gasteiger partial charge is 0.281 e. The first kappa shape index (κ1) is 8.55. The van der Waals surface area contributed by atoms with E-state index in [1.54, 1.807) is 0 Å². The highest BCUT2D eigenvalue weighted by atomic mass is 16.2. The van der Waals surface area contributed by atoms with E-state index in [2.05, 4.69) is 23.6 Å². The summed E-state index contributed by atoms with van der Waals surface area (Å²) in [5, 5.41) is 2.23. The number of likely N-dealkylation sites (N-methyl/N-ethyl adjacent to an activating group) is 1. The van der Waals surface area contributed by atoms with Crippen LogP contribution in [0, 0.1) is 0 Å². The van der Waals surface area contributed by atoms with Crippen molar-refractivity contribution in [3.63, 3.8) is 0 Å². The monoisotopic (exact) mass is 140 g/mol. The molecule has 4 nitrogen and oxygen atoms in total. The van der Waals surface area contributed by atoms with Crippen molar-refractivity contribution in [3.8, 4) is 0 Å². The van der Waals surface area contributed by atoms with Crippen LogP contribution in [0.4, 0.5) is 0 Å². The SMILES string of the molecule is C=NC(=O)C(=C)C(=O)NC. The van der Waals surface area contributed by atoms with Gasteiger partial charge in [-0.15, -0.1) is 0 Å². The Morgan fingerprint density at radius 2 is 2.00 bits per heavy atom. The lowest BCUT2D eigenvalue weighted by Crippen LogP contribution is -2.23. The average Bonchev–Trinajstić information content (AvgIpc) is 2.00. The Morgan fingerprint density at radius 3 is 2.30 bits per heavy atom. The third kappa shape index (κ3) is 1.81. The van der Waals surface area contributed by atoms with Gasteiger partial charge >= 0.3 is 0 Å². The normalized spacial score (nSPS) is 8.10. The van der Waals surface area contributed by atoms with Crippen molar-refractivity contribution in [2.75, 3.05) is 7.05 Å². The van der Waals surface area contributed by atoms with E-state index in [1.165, 1.54) is 7.05 Å². The first-order chi connectivity index (χ1) is 4.63. The van der Waals surface area contributed by atoms with Crippen molar-refractivity contribution in [2.45, 2.75) is 0 Å². The van der Waals surface area contributed by atoms with Crippen molar-refractivity contribution in [1.29, 1.82) is 0 Å². The highest BCUT2D eigenvalue weighted by Crippen LogP contribution is 1.91. The molecule has 0 rings (SSSR count). The Kier molecular flexibility index (Phi) is 3.04. The Labute approximate surface area is 58.6 Å². The van der Waals surface area contributed by atoms with Crippen LogP contribution >= 0.6 is 0 Å². The zero-order valence-electron chi connectivity index (χ0n) is 5.68. The number of aliphatic imine (C=N–C) groups is 1. The lowest BCUT2D eigenvalue weighted by molar-refractivity contribution is -0.121. The van der Waals surface area contributed by atoms with E-state index in [4.69, 9.17) is 0 Å². The molecular formula is C6H8N2O2. The molecule has 4 heteroatoms. The molecule has 10 heavy (non-hydrogen) atoms. The molecule has 0 aromatic carbocycles. The Morgan fingerprint density at radius 1 is 1.50 bits per heavy atom. The standard InChI is InChI=1S/C6H8N2O2/c1-4(5(9)7-2)6(10)8-3/h1-2H2,3H3,(H,8,10). The molecule has 0 atom stereocenters.